The third-order valence-corrected chi connectivity index (χ3v) is 2.33. The number of nitrogens with one attached hydrogen (secondary N) is 1. The minimum absolute atomic E-state index is 0.0772. The van der Waals surface area contributed by atoms with Crippen LogP contribution in [0, 0.1) is 5.92 Å². The Kier molecular flexibility index (Phi) is 3.01. The van der Waals surface area contributed by atoms with E-state index in [9.17, 15) is 4.79 Å². The molecular formula is C10H15N3O2. The van der Waals surface area contributed by atoms with Gasteiger partial charge in [0.1, 0.15) is 6.61 Å². The second kappa shape index (κ2) is 4.44. The highest BCUT2D eigenvalue weighted by Gasteiger charge is 2.21. The van der Waals surface area contributed by atoms with Crippen LogP contribution in [-0.4, -0.2) is 29.4 Å². The number of anilines is 1. The SMILES string of the molecule is COCC(=O)Nc1cnn(CC2CC2)c1. The zero-order chi connectivity index (χ0) is 10.7. The molecule has 0 aliphatic heterocycles. The Bertz CT molecular complexity index is 344. The molecule has 0 radical (unpaired) electrons. The van der Waals surface area contributed by atoms with Crippen molar-refractivity contribution in [3.05, 3.63) is 12.4 Å². The van der Waals surface area contributed by atoms with Crippen molar-refractivity contribution in [2.75, 3.05) is 19.0 Å². The first-order valence-electron chi connectivity index (χ1n) is 5.09. The van der Waals surface area contributed by atoms with Crippen molar-refractivity contribution in [1.82, 2.24) is 9.78 Å². The molecule has 1 fully saturated rings. The third-order valence-electron chi connectivity index (χ3n) is 2.33. The molecule has 1 aliphatic rings. The topological polar surface area (TPSA) is 56.1 Å². The molecule has 1 N–H and O–H groups in total. The van der Waals surface area contributed by atoms with Gasteiger partial charge in [-0.1, -0.05) is 0 Å². The van der Waals surface area contributed by atoms with Gasteiger partial charge in [0.15, 0.2) is 0 Å². The van der Waals surface area contributed by atoms with Gasteiger partial charge in [0.25, 0.3) is 0 Å². The lowest BCUT2D eigenvalue weighted by atomic mass is 10.4. The minimum atomic E-state index is -0.150. The predicted molar refractivity (Wildman–Crippen MR) is 55.5 cm³/mol. The van der Waals surface area contributed by atoms with Crippen LogP contribution in [-0.2, 0) is 16.1 Å². The first-order valence-corrected chi connectivity index (χ1v) is 5.09. The average molecular weight is 209 g/mol. The predicted octanol–water partition coefficient (Wildman–Crippen LogP) is 0.878. The van der Waals surface area contributed by atoms with Crippen LogP contribution in [0.1, 0.15) is 12.8 Å². The maximum atomic E-state index is 11.2. The monoisotopic (exact) mass is 209 g/mol. The molecule has 5 heteroatoms. The van der Waals surface area contributed by atoms with Gasteiger partial charge in [0, 0.05) is 19.9 Å². The normalized spacial score (nSPS) is 15.3. The molecule has 0 spiro atoms. The molecule has 0 aromatic carbocycles. The lowest BCUT2D eigenvalue weighted by Gasteiger charge is -2.00. The molecule has 1 saturated carbocycles. The maximum absolute atomic E-state index is 11.2. The average Bonchev–Trinajstić information content (AvgIpc) is 2.88. The molecule has 1 aromatic rings. The summed E-state index contributed by atoms with van der Waals surface area (Å²) < 4.78 is 6.59. The van der Waals surface area contributed by atoms with Gasteiger partial charge >= 0.3 is 0 Å². The Morgan fingerprint density at radius 1 is 1.73 bits per heavy atom. The fraction of sp³-hybridized carbons (Fsp3) is 0.600. The number of carbonyl (C=O) groups is 1. The zero-order valence-corrected chi connectivity index (χ0v) is 8.77. The summed E-state index contributed by atoms with van der Waals surface area (Å²) in [4.78, 5) is 11.2. The number of aromatic nitrogens is 2. The van der Waals surface area contributed by atoms with Gasteiger partial charge in [-0.05, 0) is 18.8 Å². The molecule has 1 aliphatic carbocycles. The lowest BCUT2D eigenvalue weighted by molar-refractivity contribution is -0.119. The molecule has 0 atom stereocenters. The standard InChI is InChI=1S/C10H15N3O2/c1-15-7-10(14)12-9-4-11-13(6-9)5-8-2-3-8/h4,6,8H,2-3,5,7H2,1H3,(H,12,14). The van der Waals surface area contributed by atoms with Crippen molar-refractivity contribution in [2.24, 2.45) is 5.92 Å². The number of ether oxygens (including phenoxy) is 1. The lowest BCUT2D eigenvalue weighted by Crippen LogP contribution is -2.16. The van der Waals surface area contributed by atoms with E-state index in [-0.39, 0.29) is 12.5 Å². The van der Waals surface area contributed by atoms with E-state index in [0.29, 0.717) is 0 Å². The second-order valence-corrected chi connectivity index (χ2v) is 3.88. The largest absolute Gasteiger partial charge is 0.375 e. The smallest absolute Gasteiger partial charge is 0.250 e. The van der Waals surface area contributed by atoms with Crippen molar-refractivity contribution >= 4 is 11.6 Å². The first-order chi connectivity index (χ1) is 7.28. The van der Waals surface area contributed by atoms with Crippen molar-refractivity contribution in [3.63, 3.8) is 0 Å². The van der Waals surface area contributed by atoms with Crippen LogP contribution in [0.25, 0.3) is 0 Å². The summed E-state index contributed by atoms with van der Waals surface area (Å²) in [5.41, 5.74) is 0.734. The van der Waals surface area contributed by atoms with Gasteiger partial charge in [0.05, 0.1) is 11.9 Å². The molecule has 0 unspecified atom stereocenters. The maximum Gasteiger partial charge on any atom is 0.250 e. The van der Waals surface area contributed by atoms with E-state index < -0.39 is 0 Å². The summed E-state index contributed by atoms with van der Waals surface area (Å²) in [5, 5.41) is 6.88. The Hall–Kier alpha value is -1.36. The van der Waals surface area contributed by atoms with Crippen LogP contribution in [0.4, 0.5) is 5.69 Å². The zero-order valence-electron chi connectivity index (χ0n) is 8.77. The van der Waals surface area contributed by atoms with Gasteiger partial charge in [-0.3, -0.25) is 9.48 Å². The van der Waals surface area contributed by atoms with E-state index in [4.69, 9.17) is 4.74 Å². The summed E-state index contributed by atoms with van der Waals surface area (Å²) >= 11 is 0. The molecule has 0 bridgehead atoms. The van der Waals surface area contributed by atoms with Gasteiger partial charge in [-0.2, -0.15) is 5.10 Å². The number of hydrogen-bond acceptors (Lipinski definition) is 3. The number of carbonyl (C=O) groups excluding carboxylic acids is 1. The van der Waals surface area contributed by atoms with E-state index in [1.54, 1.807) is 6.20 Å². The molecule has 15 heavy (non-hydrogen) atoms. The van der Waals surface area contributed by atoms with E-state index in [0.717, 1.165) is 18.2 Å². The Labute approximate surface area is 88.4 Å². The molecule has 1 heterocycles. The van der Waals surface area contributed by atoms with Crippen molar-refractivity contribution in [3.8, 4) is 0 Å². The highest BCUT2D eigenvalue weighted by atomic mass is 16.5. The number of amides is 1. The van der Waals surface area contributed by atoms with E-state index in [2.05, 4.69) is 10.4 Å². The van der Waals surface area contributed by atoms with Crippen LogP contribution in [0.5, 0.6) is 0 Å². The second-order valence-electron chi connectivity index (χ2n) is 3.88. The fourth-order valence-electron chi connectivity index (χ4n) is 1.42. The Morgan fingerprint density at radius 2 is 2.53 bits per heavy atom. The van der Waals surface area contributed by atoms with Gasteiger partial charge < -0.3 is 10.1 Å². The van der Waals surface area contributed by atoms with Crippen molar-refractivity contribution < 1.29 is 9.53 Å². The van der Waals surface area contributed by atoms with Gasteiger partial charge in [0.2, 0.25) is 5.91 Å². The summed E-state index contributed by atoms with van der Waals surface area (Å²) in [6, 6.07) is 0. The highest BCUT2D eigenvalue weighted by molar-refractivity contribution is 5.91. The van der Waals surface area contributed by atoms with Crippen LogP contribution >= 0.6 is 0 Å². The first kappa shape index (κ1) is 10.2. The Balaban J connectivity index is 1.85. The molecular weight excluding hydrogens is 194 g/mol. The molecule has 82 valence electrons. The van der Waals surface area contributed by atoms with Crippen LogP contribution in [0.3, 0.4) is 0 Å². The van der Waals surface area contributed by atoms with E-state index in [1.165, 1.54) is 20.0 Å². The minimum Gasteiger partial charge on any atom is -0.375 e. The molecule has 5 nitrogen and oxygen atoms in total. The number of hydrogen-bond donors (Lipinski definition) is 1. The molecule has 1 aromatic heterocycles. The molecule has 0 saturated heterocycles. The van der Waals surface area contributed by atoms with Crippen molar-refractivity contribution in [1.29, 1.82) is 0 Å². The van der Waals surface area contributed by atoms with Crippen LogP contribution in [0.15, 0.2) is 12.4 Å². The van der Waals surface area contributed by atoms with Crippen LogP contribution in [0.2, 0.25) is 0 Å². The summed E-state index contributed by atoms with van der Waals surface area (Å²) in [6.45, 7) is 1.04. The van der Waals surface area contributed by atoms with Crippen molar-refractivity contribution in [2.45, 2.75) is 19.4 Å². The number of rotatable bonds is 5. The van der Waals surface area contributed by atoms with E-state index in [1.807, 2.05) is 10.9 Å². The third kappa shape index (κ3) is 3.06. The van der Waals surface area contributed by atoms with Crippen LogP contribution < -0.4 is 5.32 Å². The summed E-state index contributed by atoms with van der Waals surface area (Å²) in [7, 11) is 1.50. The molecule has 1 amide bonds. The quantitative estimate of drug-likeness (QED) is 0.783. The summed E-state index contributed by atoms with van der Waals surface area (Å²) in [5.74, 6) is 0.635. The van der Waals surface area contributed by atoms with Gasteiger partial charge in [-0.15, -0.1) is 0 Å². The summed E-state index contributed by atoms with van der Waals surface area (Å²) in [6.07, 6.45) is 6.11. The highest BCUT2D eigenvalue weighted by Crippen LogP contribution is 2.30. The molecule has 2 rings (SSSR count). The number of nitrogens with zero attached hydrogens (tertiary/aromatic N) is 2. The Morgan fingerprint density at radius 3 is 3.20 bits per heavy atom. The fourth-order valence-corrected chi connectivity index (χ4v) is 1.42. The van der Waals surface area contributed by atoms with E-state index >= 15 is 0 Å². The van der Waals surface area contributed by atoms with Gasteiger partial charge in [-0.25, -0.2) is 0 Å². The number of methoxy groups -OCH3 is 1.